The maximum atomic E-state index is 13.9. The summed E-state index contributed by atoms with van der Waals surface area (Å²) in [5.74, 6) is -0.590. The molecule has 13 heteroatoms. The number of halogens is 2. The van der Waals surface area contributed by atoms with E-state index in [9.17, 15) is 18.0 Å². The van der Waals surface area contributed by atoms with Crippen LogP contribution in [0.5, 0.6) is 0 Å². The second-order valence-electron chi connectivity index (χ2n) is 10.5. The molecule has 4 aromatic rings. The average Bonchev–Trinajstić information content (AvgIpc) is 3.24. The van der Waals surface area contributed by atoms with E-state index in [2.05, 4.69) is 22.0 Å². The summed E-state index contributed by atoms with van der Waals surface area (Å²) in [6, 6.07) is 18.1. The Morgan fingerprint density at radius 2 is 1.64 bits per heavy atom. The van der Waals surface area contributed by atoms with Gasteiger partial charge in [-0.3, -0.25) is 18.6 Å². The monoisotopic (exact) mass is 656 g/mol. The van der Waals surface area contributed by atoms with Crippen molar-refractivity contribution in [3.8, 4) is 5.69 Å². The van der Waals surface area contributed by atoms with Crippen molar-refractivity contribution in [1.82, 2.24) is 14.3 Å². The summed E-state index contributed by atoms with van der Waals surface area (Å²) in [6.07, 6.45) is 0. The van der Waals surface area contributed by atoms with Gasteiger partial charge in [-0.2, -0.15) is 0 Å². The number of likely N-dealkylation sites (N-methyl/N-ethyl adjacent to an activating group) is 1. The van der Waals surface area contributed by atoms with Gasteiger partial charge in [0.25, 0.3) is 21.5 Å². The molecule has 1 aliphatic heterocycles. The number of carbonyl (C=O) groups excluding carboxylic acids is 1. The highest BCUT2D eigenvalue weighted by Crippen LogP contribution is 2.35. The molecule has 0 aliphatic carbocycles. The third kappa shape index (κ3) is 5.84. The lowest BCUT2D eigenvalue weighted by molar-refractivity contribution is 0.102. The average molecular weight is 658 g/mol. The number of amides is 1. The van der Waals surface area contributed by atoms with Gasteiger partial charge in [0.05, 0.1) is 43.3 Å². The Hall–Kier alpha value is -3.77. The molecule has 1 fully saturated rings. The maximum absolute atomic E-state index is 13.9. The van der Waals surface area contributed by atoms with Gasteiger partial charge in [-0.25, -0.2) is 13.1 Å². The van der Waals surface area contributed by atoms with Crippen LogP contribution in [0.4, 0.5) is 17.1 Å². The lowest BCUT2D eigenvalue weighted by Crippen LogP contribution is -2.46. The zero-order valence-electron chi connectivity index (χ0n) is 24.9. The van der Waals surface area contributed by atoms with E-state index in [1.165, 1.54) is 29.9 Å². The number of hydrogen-bond donors (Lipinski definition) is 1. The molecular formula is C31H34Cl2N6O4S. The fourth-order valence-corrected chi connectivity index (χ4v) is 7.22. The Kier molecular flexibility index (Phi) is 9.12. The molecule has 232 valence electrons. The summed E-state index contributed by atoms with van der Waals surface area (Å²) in [5, 5.41) is 3.46. The van der Waals surface area contributed by atoms with Gasteiger partial charge >= 0.3 is 0 Å². The van der Waals surface area contributed by atoms with Crippen molar-refractivity contribution in [1.29, 1.82) is 0 Å². The highest BCUT2D eigenvalue weighted by Gasteiger charge is 2.30. The Morgan fingerprint density at radius 1 is 0.955 bits per heavy atom. The van der Waals surface area contributed by atoms with Crippen molar-refractivity contribution >= 4 is 56.2 Å². The van der Waals surface area contributed by atoms with Gasteiger partial charge in [-0.1, -0.05) is 54.4 Å². The van der Waals surface area contributed by atoms with Crippen molar-refractivity contribution in [3.63, 3.8) is 0 Å². The van der Waals surface area contributed by atoms with E-state index in [1.54, 1.807) is 61.1 Å². The number of anilines is 3. The topological polar surface area (TPSA) is 99.9 Å². The molecule has 3 aromatic carbocycles. The number of nitrogens with one attached hydrogen (secondary N) is 1. The van der Waals surface area contributed by atoms with E-state index < -0.39 is 21.5 Å². The molecule has 0 unspecified atom stereocenters. The molecule has 10 nitrogen and oxygen atoms in total. The minimum Gasteiger partial charge on any atom is -0.366 e. The number of hydrogen-bond acceptors (Lipinski definition) is 6. The van der Waals surface area contributed by atoms with Gasteiger partial charge in [0, 0.05) is 40.3 Å². The van der Waals surface area contributed by atoms with Crippen LogP contribution < -0.4 is 20.1 Å². The molecule has 0 atom stereocenters. The fourth-order valence-electron chi connectivity index (χ4n) is 5.45. The molecule has 0 saturated carbocycles. The van der Waals surface area contributed by atoms with Gasteiger partial charge < -0.3 is 15.1 Å². The Bertz CT molecular complexity index is 1870. The van der Waals surface area contributed by atoms with Crippen LogP contribution in [0, 0.1) is 6.92 Å². The quantitative estimate of drug-likeness (QED) is 0.286. The molecule has 1 saturated heterocycles. The summed E-state index contributed by atoms with van der Waals surface area (Å²) < 4.78 is 31.7. The van der Waals surface area contributed by atoms with Crippen LogP contribution in [0.25, 0.3) is 5.69 Å². The van der Waals surface area contributed by atoms with Gasteiger partial charge in [0.15, 0.2) is 0 Å². The first kappa shape index (κ1) is 31.6. The van der Waals surface area contributed by atoms with Crippen molar-refractivity contribution in [2.45, 2.75) is 18.7 Å². The van der Waals surface area contributed by atoms with Gasteiger partial charge in [0.2, 0.25) is 0 Å². The Morgan fingerprint density at radius 3 is 2.30 bits per heavy atom. The van der Waals surface area contributed by atoms with Crippen LogP contribution in [0.2, 0.25) is 10.0 Å². The molecular weight excluding hydrogens is 623 g/mol. The van der Waals surface area contributed by atoms with Gasteiger partial charge in [0.1, 0.15) is 5.69 Å². The van der Waals surface area contributed by atoms with Crippen molar-refractivity contribution in [3.05, 3.63) is 98.4 Å². The standard InChI is InChI=1S/C31H34Cl2N6O4S/c1-5-37-16-18-38(19-17-37)29-26(33)12-9-13-27(29)34-30(40)24-20-23(14-15-25(24)32)44(42,43)36(4)28-21(2)35(3)39(31(28)41)22-10-7-6-8-11-22/h6-15,20H,5,16-19H2,1-4H3,(H,34,40). The normalized spacial score (nSPS) is 14.1. The number of aromatic nitrogens is 2. The summed E-state index contributed by atoms with van der Waals surface area (Å²) >= 11 is 13.0. The number of nitrogens with zero attached hydrogens (tertiary/aromatic N) is 5. The number of rotatable bonds is 8. The van der Waals surface area contributed by atoms with Crippen molar-refractivity contribution < 1.29 is 13.2 Å². The van der Waals surface area contributed by atoms with Crippen LogP contribution in [0.15, 0.2) is 76.4 Å². The number of benzene rings is 3. The first-order chi connectivity index (χ1) is 20.9. The summed E-state index contributed by atoms with van der Waals surface area (Å²) in [6.45, 7) is 7.97. The van der Waals surface area contributed by atoms with E-state index >= 15 is 0 Å². The number of para-hydroxylation sites is 2. The first-order valence-corrected chi connectivity index (χ1v) is 16.3. The third-order valence-electron chi connectivity index (χ3n) is 8.05. The molecule has 44 heavy (non-hydrogen) atoms. The summed E-state index contributed by atoms with van der Waals surface area (Å²) in [5.41, 5.74) is 1.70. The lowest BCUT2D eigenvalue weighted by atomic mass is 10.1. The molecule has 0 radical (unpaired) electrons. The molecule has 1 aliphatic rings. The Balaban J connectivity index is 1.46. The zero-order valence-corrected chi connectivity index (χ0v) is 27.2. The minimum atomic E-state index is -4.27. The Labute approximate surface area is 267 Å². The molecule has 1 aromatic heterocycles. The predicted octanol–water partition coefficient (Wildman–Crippen LogP) is 5.01. The lowest BCUT2D eigenvalue weighted by Gasteiger charge is -2.36. The third-order valence-corrected chi connectivity index (χ3v) is 10.4. The molecule has 1 N–H and O–H groups in total. The smallest absolute Gasteiger partial charge is 0.296 e. The van der Waals surface area contributed by atoms with Crippen LogP contribution in [-0.2, 0) is 17.1 Å². The highest BCUT2D eigenvalue weighted by atomic mass is 35.5. The molecule has 2 heterocycles. The summed E-state index contributed by atoms with van der Waals surface area (Å²) in [7, 11) is -1.27. The molecule has 5 rings (SSSR count). The van der Waals surface area contributed by atoms with E-state index in [1.807, 2.05) is 6.07 Å². The number of sulfonamides is 1. The van der Waals surface area contributed by atoms with Gasteiger partial charge in [-0.15, -0.1) is 0 Å². The number of piperazine rings is 1. The maximum Gasteiger partial charge on any atom is 0.296 e. The fraction of sp³-hybridized carbons (Fsp3) is 0.290. The van der Waals surface area contributed by atoms with Crippen LogP contribution in [0.1, 0.15) is 23.0 Å². The largest absolute Gasteiger partial charge is 0.366 e. The zero-order chi connectivity index (χ0) is 31.8. The van der Waals surface area contributed by atoms with E-state index in [-0.39, 0.29) is 21.2 Å². The SMILES string of the molecule is CCN1CCN(c2c(Cl)cccc2NC(=O)c2cc(S(=O)(=O)N(C)c3c(C)n(C)n(-c4ccccc4)c3=O)ccc2Cl)CC1. The van der Waals surface area contributed by atoms with Crippen LogP contribution in [-0.4, -0.2) is 68.4 Å². The minimum absolute atomic E-state index is 0.0101. The predicted molar refractivity (Wildman–Crippen MR) is 177 cm³/mol. The van der Waals surface area contributed by atoms with E-state index in [0.29, 0.717) is 27.8 Å². The van der Waals surface area contributed by atoms with Crippen molar-refractivity contribution in [2.75, 3.05) is 54.3 Å². The van der Waals surface area contributed by atoms with Crippen LogP contribution >= 0.6 is 23.2 Å². The van der Waals surface area contributed by atoms with E-state index in [0.717, 1.165) is 37.0 Å². The second kappa shape index (κ2) is 12.7. The molecule has 0 bridgehead atoms. The van der Waals surface area contributed by atoms with E-state index in [4.69, 9.17) is 23.2 Å². The summed E-state index contributed by atoms with van der Waals surface area (Å²) in [4.78, 5) is 31.4. The highest BCUT2D eigenvalue weighted by molar-refractivity contribution is 7.92. The van der Waals surface area contributed by atoms with Crippen LogP contribution in [0.3, 0.4) is 0 Å². The molecule has 1 amide bonds. The number of carbonyl (C=O) groups is 1. The van der Waals surface area contributed by atoms with Crippen molar-refractivity contribution in [2.24, 2.45) is 7.05 Å². The molecule has 0 spiro atoms. The van der Waals surface area contributed by atoms with Gasteiger partial charge in [-0.05, 0) is 55.9 Å². The first-order valence-electron chi connectivity index (χ1n) is 14.1. The second-order valence-corrected chi connectivity index (χ2v) is 13.3.